The number of unbranched alkanes of at least 4 members (excludes halogenated alkanes) is 4. The first-order chi connectivity index (χ1) is 21.9. The monoisotopic (exact) mass is 702 g/mol. The van der Waals surface area contributed by atoms with Gasteiger partial charge in [0.05, 0.1) is 9.85 Å². The van der Waals surface area contributed by atoms with Gasteiger partial charge in [0, 0.05) is 45.9 Å². The van der Waals surface area contributed by atoms with Gasteiger partial charge in [0.25, 0.3) is 11.4 Å². The van der Waals surface area contributed by atoms with E-state index in [1.165, 1.54) is 62.6 Å². The summed E-state index contributed by atoms with van der Waals surface area (Å²) in [6, 6.07) is 10.6. The second-order valence-corrected chi connectivity index (χ2v) is 15.5. The van der Waals surface area contributed by atoms with Crippen LogP contribution in [0.2, 0.25) is 0 Å². The summed E-state index contributed by atoms with van der Waals surface area (Å²) in [6.45, 7) is 6.87. The molecule has 0 aliphatic rings. The molecule has 0 bridgehead atoms. The molecule has 0 spiro atoms. The van der Waals surface area contributed by atoms with Crippen molar-refractivity contribution in [3.8, 4) is 0 Å². The quantitative estimate of drug-likeness (QED) is 0.135. The molecule has 0 aromatic heterocycles. The number of sulfonamides is 2. The van der Waals surface area contributed by atoms with E-state index in [-0.39, 0.29) is 16.3 Å². The van der Waals surface area contributed by atoms with E-state index < -0.39 is 53.0 Å². The molecule has 0 unspecified atom stereocenters. The van der Waals surface area contributed by atoms with Gasteiger partial charge < -0.3 is 15.8 Å². The van der Waals surface area contributed by atoms with Gasteiger partial charge in [0.2, 0.25) is 20.0 Å². The Morgan fingerprint density at radius 1 is 0.766 bits per heavy atom. The van der Waals surface area contributed by atoms with Gasteiger partial charge in [-0.15, -0.1) is 0 Å². The molecular weight excluding hydrogens is 656 g/mol. The van der Waals surface area contributed by atoms with Crippen molar-refractivity contribution in [1.29, 1.82) is 0 Å². The van der Waals surface area contributed by atoms with E-state index in [4.69, 9.17) is 10.5 Å². The first kappa shape index (κ1) is 41.3. The number of ether oxygens (including phenoxy) is 1. The molecule has 2 aromatic rings. The van der Waals surface area contributed by atoms with E-state index in [0.717, 1.165) is 21.5 Å². The number of nitro groups is 2. The number of carbonyl (C=O) groups is 1. The number of carbonyl (C=O) groups excluding carboxylic acids is 1. The first-order valence-electron chi connectivity index (χ1n) is 14.9. The Morgan fingerprint density at radius 3 is 1.55 bits per heavy atom. The fourth-order valence-electron chi connectivity index (χ4n) is 4.02. The fourth-order valence-corrected chi connectivity index (χ4v) is 6.75. The zero-order valence-electron chi connectivity index (χ0n) is 27.5. The SMILES string of the molecule is CN(CCCCCN)S(=O)(=O)c1ccccc1[N+](=O)[O-].CN(CCCCCNC(=O)OC(C)(C)C)S(=O)(=O)c1ccccc1[N+](=O)[O-]. The molecule has 0 heterocycles. The summed E-state index contributed by atoms with van der Waals surface area (Å²) in [4.78, 5) is 31.5. The summed E-state index contributed by atoms with van der Waals surface area (Å²) in [5.74, 6) is 0. The van der Waals surface area contributed by atoms with Crippen LogP contribution in [-0.2, 0) is 24.8 Å². The summed E-state index contributed by atoms with van der Waals surface area (Å²) < 4.78 is 57.1. The third-order valence-electron chi connectivity index (χ3n) is 6.50. The lowest BCUT2D eigenvalue weighted by atomic mass is 10.2. The predicted octanol–water partition coefficient (Wildman–Crippen LogP) is 4.25. The Morgan fingerprint density at radius 2 is 1.17 bits per heavy atom. The van der Waals surface area contributed by atoms with E-state index in [1.54, 1.807) is 20.8 Å². The van der Waals surface area contributed by atoms with Crippen LogP contribution < -0.4 is 11.1 Å². The smallest absolute Gasteiger partial charge is 0.407 e. The number of amides is 1. The van der Waals surface area contributed by atoms with Crippen molar-refractivity contribution < 1.29 is 36.2 Å². The summed E-state index contributed by atoms with van der Waals surface area (Å²) >= 11 is 0. The van der Waals surface area contributed by atoms with Crippen molar-refractivity contribution in [3.05, 3.63) is 68.8 Å². The maximum atomic E-state index is 12.5. The van der Waals surface area contributed by atoms with Crippen molar-refractivity contribution in [1.82, 2.24) is 13.9 Å². The highest BCUT2D eigenvalue weighted by atomic mass is 32.2. The lowest BCUT2D eigenvalue weighted by Crippen LogP contribution is -2.33. The molecule has 0 atom stereocenters. The molecule has 2 rings (SSSR count). The molecule has 0 saturated carbocycles. The van der Waals surface area contributed by atoms with E-state index >= 15 is 0 Å². The maximum Gasteiger partial charge on any atom is 0.407 e. The van der Waals surface area contributed by atoms with Gasteiger partial charge in [-0.1, -0.05) is 37.1 Å². The number of nitrogens with one attached hydrogen (secondary N) is 1. The van der Waals surface area contributed by atoms with Gasteiger partial charge in [0.15, 0.2) is 9.79 Å². The molecule has 0 fully saturated rings. The molecule has 3 N–H and O–H groups in total. The molecule has 0 radical (unpaired) electrons. The Kier molecular flexibility index (Phi) is 16.9. The van der Waals surface area contributed by atoms with Gasteiger partial charge in [0.1, 0.15) is 5.60 Å². The van der Waals surface area contributed by atoms with Gasteiger partial charge in [-0.2, -0.15) is 0 Å². The Hall–Kier alpha value is -3.71. The van der Waals surface area contributed by atoms with E-state index in [9.17, 15) is 41.9 Å². The summed E-state index contributed by atoms with van der Waals surface area (Å²) in [5.41, 5.74) is 3.97. The minimum absolute atomic E-state index is 0.223. The maximum absolute atomic E-state index is 12.5. The highest BCUT2D eigenvalue weighted by Gasteiger charge is 2.29. The van der Waals surface area contributed by atoms with Crippen LogP contribution in [0.5, 0.6) is 0 Å². The number of para-hydroxylation sites is 2. The van der Waals surface area contributed by atoms with E-state index in [1.807, 2.05) is 0 Å². The van der Waals surface area contributed by atoms with Gasteiger partial charge >= 0.3 is 6.09 Å². The largest absolute Gasteiger partial charge is 0.444 e. The number of benzene rings is 2. The number of hydrogen-bond acceptors (Lipinski definition) is 11. The Balaban J connectivity index is 0.000000491. The number of nitro benzene ring substituents is 2. The average molecular weight is 703 g/mol. The van der Waals surface area contributed by atoms with Crippen molar-refractivity contribution in [2.24, 2.45) is 5.73 Å². The van der Waals surface area contributed by atoms with Crippen molar-refractivity contribution in [2.75, 3.05) is 40.3 Å². The number of nitrogens with two attached hydrogens (primary N) is 1. The molecular formula is C29H46N6O10S2. The second kappa shape index (κ2) is 19.2. The van der Waals surface area contributed by atoms with Crippen molar-refractivity contribution >= 4 is 37.5 Å². The lowest BCUT2D eigenvalue weighted by Gasteiger charge is -2.19. The molecule has 0 aliphatic heterocycles. The molecule has 1 amide bonds. The average Bonchev–Trinajstić information content (AvgIpc) is 3.00. The van der Waals surface area contributed by atoms with Crippen LogP contribution >= 0.6 is 0 Å². The normalized spacial score (nSPS) is 11.9. The fraction of sp³-hybridized carbons (Fsp3) is 0.552. The number of rotatable bonds is 17. The Bertz CT molecular complexity index is 1550. The van der Waals surface area contributed by atoms with Crippen LogP contribution in [0.3, 0.4) is 0 Å². The van der Waals surface area contributed by atoms with Crippen molar-refractivity contribution in [2.45, 2.75) is 74.7 Å². The minimum atomic E-state index is -3.94. The summed E-state index contributed by atoms with van der Waals surface area (Å²) in [5, 5.41) is 24.6. The molecule has 0 aliphatic carbocycles. The number of nitrogens with zero attached hydrogens (tertiary/aromatic N) is 4. The highest BCUT2D eigenvalue weighted by Crippen LogP contribution is 2.27. The second-order valence-electron chi connectivity index (χ2n) is 11.4. The van der Waals surface area contributed by atoms with Gasteiger partial charge in [-0.25, -0.2) is 30.2 Å². The third kappa shape index (κ3) is 13.9. The van der Waals surface area contributed by atoms with Crippen LogP contribution in [0.1, 0.15) is 59.3 Å². The van der Waals surface area contributed by atoms with Gasteiger partial charge in [-0.3, -0.25) is 20.2 Å². The van der Waals surface area contributed by atoms with Crippen LogP contribution in [0.4, 0.5) is 16.2 Å². The van der Waals surface area contributed by atoms with Crippen LogP contribution in [0.25, 0.3) is 0 Å². The minimum Gasteiger partial charge on any atom is -0.444 e. The molecule has 47 heavy (non-hydrogen) atoms. The van der Waals surface area contributed by atoms with Crippen LogP contribution in [-0.4, -0.2) is 87.3 Å². The summed E-state index contributed by atoms with van der Waals surface area (Å²) in [7, 11) is -4.96. The highest BCUT2D eigenvalue weighted by molar-refractivity contribution is 7.89. The number of hydrogen-bond donors (Lipinski definition) is 2. The molecule has 264 valence electrons. The zero-order chi connectivity index (χ0) is 35.8. The Labute approximate surface area is 276 Å². The molecule has 2 aromatic carbocycles. The molecule has 16 nitrogen and oxygen atoms in total. The summed E-state index contributed by atoms with van der Waals surface area (Å²) in [6.07, 6.45) is 3.76. The standard InChI is InChI=1S/C17H27N3O6S.C12H19N3O4S/c1-17(2,3)26-16(21)18-12-8-5-9-13-19(4)27(24,25)15-11-7-6-10-14(15)20(22)23;1-14(10-6-2-5-9-13)20(18,19)12-8-4-3-7-11(12)15(16)17/h6-7,10-11H,5,8-9,12-13H2,1-4H3,(H,18,21);3-4,7-8H,2,5-6,9-10,13H2,1H3. The predicted molar refractivity (Wildman–Crippen MR) is 177 cm³/mol. The third-order valence-corrected chi connectivity index (χ3v) is 10.3. The topological polar surface area (TPSA) is 225 Å². The molecule has 0 saturated heterocycles. The molecule has 18 heteroatoms. The number of alkyl carbamates (subject to hydrolysis) is 1. The van der Waals surface area contributed by atoms with Crippen LogP contribution in [0, 0.1) is 20.2 Å². The lowest BCUT2D eigenvalue weighted by molar-refractivity contribution is -0.388. The van der Waals surface area contributed by atoms with Gasteiger partial charge in [-0.05, 0) is 65.1 Å². The van der Waals surface area contributed by atoms with E-state index in [0.29, 0.717) is 45.3 Å². The van der Waals surface area contributed by atoms with E-state index in [2.05, 4.69) is 5.32 Å². The zero-order valence-corrected chi connectivity index (χ0v) is 29.1. The van der Waals surface area contributed by atoms with Crippen molar-refractivity contribution in [3.63, 3.8) is 0 Å². The van der Waals surface area contributed by atoms with Crippen LogP contribution in [0.15, 0.2) is 58.3 Å². The first-order valence-corrected chi connectivity index (χ1v) is 17.8.